The van der Waals surface area contributed by atoms with E-state index in [0.717, 1.165) is 11.8 Å². The second-order valence-electron chi connectivity index (χ2n) is 5.36. The summed E-state index contributed by atoms with van der Waals surface area (Å²) in [5.74, 6) is -1.83. The Kier molecular flexibility index (Phi) is 4.25. The topological polar surface area (TPSA) is 103 Å². The van der Waals surface area contributed by atoms with Gasteiger partial charge in [0, 0.05) is 5.56 Å². The number of anilines is 1. The van der Waals surface area contributed by atoms with Crippen LogP contribution in [0.25, 0.3) is 5.69 Å². The second kappa shape index (κ2) is 6.52. The third kappa shape index (κ3) is 3.37. The summed E-state index contributed by atoms with van der Waals surface area (Å²) in [4.78, 5) is 23.9. The number of nitrogens with zero attached hydrogens (tertiary/aromatic N) is 3. The summed E-state index contributed by atoms with van der Waals surface area (Å²) in [5.41, 5.74) is 6.72. The molecule has 0 radical (unpaired) electrons. The molecule has 0 saturated heterocycles. The van der Waals surface area contributed by atoms with E-state index in [1.165, 1.54) is 13.0 Å². The first-order chi connectivity index (χ1) is 12.0. The number of aryl methyl sites for hydroxylation is 1. The van der Waals surface area contributed by atoms with E-state index in [1.54, 1.807) is 41.3 Å². The molecule has 2 amide bonds. The van der Waals surface area contributed by atoms with Crippen LogP contribution in [0.15, 0.2) is 48.8 Å². The first-order valence-electron chi connectivity index (χ1n) is 7.34. The van der Waals surface area contributed by atoms with Gasteiger partial charge >= 0.3 is 0 Å². The van der Waals surface area contributed by atoms with Gasteiger partial charge in [0.05, 0.1) is 29.3 Å². The van der Waals surface area contributed by atoms with Crippen LogP contribution in [0, 0.1) is 12.7 Å². The highest BCUT2D eigenvalue weighted by molar-refractivity contribution is 6.08. The van der Waals surface area contributed by atoms with Gasteiger partial charge in [0.25, 0.3) is 11.8 Å². The smallest absolute Gasteiger partial charge is 0.255 e. The van der Waals surface area contributed by atoms with Crippen molar-refractivity contribution in [2.75, 3.05) is 5.32 Å². The zero-order valence-corrected chi connectivity index (χ0v) is 13.2. The number of halogens is 1. The number of nitrogens with one attached hydrogen (secondary N) is 1. The van der Waals surface area contributed by atoms with Gasteiger partial charge in [-0.15, -0.1) is 5.10 Å². The molecule has 0 bridgehead atoms. The average Bonchev–Trinajstić information content (AvgIpc) is 3.12. The van der Waals surface area contributed by atoms with E-state index in [4.69, 9.17) is 5.73 Å². The van der Waals surface area contributed by atoms with E-state index in [2.05, 4.69) is 15.6 Å². The van der Waals surface area contributed by atoms with Gasteiger partial charge in [-0.1, -0.05) is 5.21 Å². The van der Waals surface area contributed by atoms with Crippen LogP contribution in [-0.4, -0.2) is 26.8 Å². The molecular weight excluding hydrogens is 325 g/mol. The normalized spacial score (nSPS) is 10.5. The minimum absolute atomic E-state index is 0.0873. The van der Waals surface area contributed by atoms with E-state index >= 15 is 0 Å². The fourth-order valence-corrected chi connectivity index (χ4v) is 2.29. The molecule has 3 aromatic rings. The maximum absolute atomic E-state index is 13.6. The fraction of sp³-hybridized carbons (Fsp3) is 0.0588. The van der Waals surface area contributed by atoms with Crippen molar-refractivity contribution >= 4 is 17.5 Å². The number of aromatic nitrogens is 3. The summed E-state index contributed by atoms with van der Waals surface area (Å²) >= 11 is 0. The average molecular weight is 339 g/mol. The van der Waals surface area contributed by atoms with E-state index in [9.17, 15) is 14.0 Å². The minimum atomic E-state index is -0.823. The summed E-state index contributed by atoms with van der Waals surface area (Å²) in [6.07, 6.45) is 3.22. The van der Waals surface area contributed by atoms with Gasteiger partial charge in [-0.05, 0) is 48.9 Å². The summed E-state index contributed by atoms with van der Waals surface area (Å²) in [6.45, 7) is 1.53. The van der Waals surface area contributed by atoms with Gasteiger partial charge in [0.1, 0.15) is 5.82 Å². The molecule has 0 atom stereocenters. The molecule has 8 heteroatoms. The van der Waals surface area contributed by atoms with Crippen molar-refractivity contribution in [1.29, 1.82) is 0 Å². The van der Waals surface area contributed by atoms with Crippen LogP contribution in [0.2, 0.25) is 0 Å². The first kappa shape index (κ1) is 16.3. The van der Waals surface area contributed by atoms with Crippen molar-refractivity contribution in [3.05, 3.63) is 71.3 Å². The molecule has 7 nitrogen and oxygen atoms in total. The Labute approximate surface area is 142 Å². The van der Waals surface area contributed by atoms with Gasteiger partial charge in [0.15, 0.2) is 0 Å². The van der Waals surface area contributed by atoms with Crippen molar-refractivity contribution < 1.29 is 14.0 Å². The monoisotopic (exact) mass is 339 g/mol. The summed E-state index contributed by atoms with van der Waals surface area (Å²) in [7, 11) is 0. The molecule has 3 rings (SSSR count). The molecule has 25 heavy (non-hydrogen) atoms. The molecule has 2 aromatic carbocycles. The lowest BCUT2D eigenvalue weighted by Crippen LogP contribution is -2.19. The third-order valence-corrected chi connectivity index (χ3v) is 3.63. The van der Waals surface area contributed by atoms with Crippen LogP contribution in [0.1, 0.15) is 26.3 Å². The molecule has 1 aromatic heterocycles. The lowest BCUT2D eigenvalue weighted by Gasteiger charge is -2.11. The minimum Gasteiger partial charge on any atom is -0.366 e. The lowest BCUT2D eigenvalue weighted by molar-refractivity contribution is 0.100. The quantitative estimate of drug-likeness (QED) is 0.759. The van der Waals surface area contributed by atoms with Crippen molar-refractivity contribution in [3.8, 4) is 5.69 Å². The molecule has 0 saturated carbocycles. The first-order valence-corrected chi connectivity index (χ1v) is 7.34. The number of hydrogen-bond acceptors (Lipinski definition) is 4. The van der Waals surface area contributed by atoms with Gasteiger partial charge in [-0.3, -0.25) is 9.59 Å². The Morgan fingerprint density at radius 2 is 1.92 bits per heavy atom. The largest absolute Gasteiger partial charge is 0.366 e. The van der Waals surface area contributed by atoms with Crippen molar-refractivity contribution in [2.45, 2.75) is 6.92 Å². The Balaban J connectivity index is 1.85. The molecule has 126 valence electrons. The van der Waals surface area contributed by atoms with Crippen LogP contribution in [0.4, 0.5) is 10.1 Å². The predicted octanol–water partition coefficient (Wildman–Crippen LogP) is 2.07. The Bertz CT molecular complexity index is 936. The van der Waals surface area contributed by atoms with Crippen LogP contribution in [-0.2, 0) is 0 Å². The molecule has 0 fully saturated rings. The zero-order valence-electron chi connectivity index (χ0n) is 13.2. The van der Waals surface area contributed by atoms with Crippen molar-refractivity contribution in [3.63, 3.8) is 0 Å². The van der Waals surface area contributed by atoms with Crippen LogP contribution < -0.4 is 11.1 Å². The van der Waals surface area contributed by atoms with Crippen molar-refractivity contribution in [1.82, 2.24) is 15.0 Å². The predicted molar refractivity (Wildman–Crippen MR) is 89.0 cm³/mol. The number of hydrogen-bond donors (Lipinski definition) is 2. The van der Waals surface area contributed by atoms with E-state index in [-0.39, 0.29) is 11.3 Å². The zero-order chi connectivity index (χ0) is 18.0. The molecule has 0 aliphatic heterocycles. The second-order valence-corrected chi connectivity index (χ2v) is 5.36. The van der Waals surface area contributed by atoms with Gasteiger partial charge in [-0.25, -0.2) is 9.07 Å². The fourth-order valence-electron chi connectivity index (χ4n) is 2.29. The molecular formula is C17H14FN5O2. The number of primary amides is 1. The molecule has 0 aliphatic rings. The number of carbonyl (C=O) groups is 2. The van der Waals surface area contributed by atoms with Crippen LogP contribution >= 0.6 is 0 Å². The Morgan fingerprint density at radius 3 is 2.52 bits per heavy atom. The lowest BCUT2D eigenvalue weighted by atomic mass is 10.1. The maximum atomic E-state index is 13.6. The SMILES string of the molecule is Cc1cc(NC(=O)c2ccc(-n3ccnn3)cc2)c(C(N)=O)cc1F. The Hall–Kier alpha value is -3.55. The molecule has 3 N–H and O–H groups in total. The number of amides is 2. The van der Waals surface area contributed by atoms with Gasteiger partial charge in [0.2, 0.25) is 0 Å². The third-order valence-electron chi connectivity index (χ3n) is 3.63. The summed E-state index contributed by atoms with van der Waals surface area (Å²) < 4.78 is 15.2. The van der Waals surface area contributed by atoms with E-state index in [0.29, 0.717) is 11.1 Å². The Morgan fingerprint density at radius 1 is 1.20 bits per heavy atom. The standard InChI is InChI=1S/C17H14FN5O2/c1-10-8-15(13(16(19)24)9-14(10)18)21-17(25)11-2-4-12(5-3-11)23-7-6-20-22-23/h2-9H,1H3,(H2,19,24)(H,21,25). The molecule has 0 aliphatic carbocycles. The summed E-state index contributed by atoms with van der Waals surface area (Å²) in [6, 6.07) is 9.00. The van der Waals surface area contributed by atoms with E-state index in [1.807, 2.05) is 0 Å². The van der Waals surface area contributed by atoms with Crippen LogP contribution in [0.3, 0.4) is 0 Å². The highest BCUT2D eigenvalue weighted by atomic mass is 19.1. The number of nitrogens with two attached hydrogens (primary N) is 1. The molecule has 0 spiro atoms. The number of carbonyl (C=O) groups excluding carboxylic acids is 2. The summed E-state index contributed by atoms with van der Waals surface area (Å²) in [5, 5.41) is 10.2. The maximum Gasteiger partial charge on any atom is 0.255 e. The number of benzene rings is 2. The van der Waals surface area contributed by atoms with Crippen LogP contribution in [0.5, 0.6) is 0 Å². The van der Waals surface area contributed by atoms with Gasteiger partial charge < -0.3 is 11.1 Å². The highest BCUT2D eigenvalue weighted by Gasteiger charge is 2.15. The van der Waals surface area contributed by atoms with Gasteiger partial charge in [-0.2, -0.15) is 0 Å². The van der Waals surface area contributed by atoms with E-state index < -0.39 is 17.6 Å². The molecule has 0 unspecified atom stereocenters. The molecule has 1 heterocycles. The van der Waals surface area contributed by atoms with Crippen molar-refractivity contribution in [2.24, 2.45) is 5.73 Å². The highest BCUT2D eigenvalue weighted by Crippen LogP contribution is 2.21. The number of rotatable bonds is 4.